The van der Waals surface area contributed by atoms with E-state index in [0.29, 0.717) is 0 Å². The first kappa shape index (κ1) is 26.9. The molecule has 10 N–H and O–H groups in total. The molecule has 0 saturated carbocycles. The van der Waals surface area contributed by atoms with Gasteiger partial charge in [0.25, 0.3) is 0 Å². The third kappa shape index (κ3) is 4.99. The lowest BCUT2D eigenvalue weighted by molar-refractivity contribution is -0.299. The van der Waals surface area contributed by atoms with Crippen molar-refractivity contribution in [1.82, 2.24) is 0 Å². The fourth-order valence-corrected chi connectivity index (χ4v) is 3.60. The van der Waals surface area contributed by atoms with Gasteiger partial charge in [-0.05, 0) is 0 Å². The van der Waals surface area contributed by atoms with Crippen molar-refractivity contribution in [3.8, 4) is 0 Å². The van der Waals surface area contributed by atoms with E-state index in [1.807, 2.05) is 0 Å². The lowest BCUT2D eigenvalue weighted by atomic mass is 9.99. The van der Waals surface area contributed by atoms with E-state index in [2.05, 4.69) is 0 Å². The number of rotatable bonds is 8. The van der Waals surface area contributed by atoms with Crippen molar-refractivity contribution in [2.75, 3.05) is 19.8 Å². The van der Waals surface area contributed by atoms with E-state index in [0.717, 1.165) is 0 Å². The molecule has 16 nitrogen and oxygen atoms in total. The second-order valence-electron chi connectivity index (χ2n) is 7.90. The number of hydrogen-bond acceptors (Lipinski definition) is 16. The van der Waals surface area contributed by atoms with Crippen molar-refractivity contribution in [2.45, 2.75) is 73.6 Å². The highest BCUT2D eigenvalue weighted by molar-refractivity contribution is 5.89. The summed E-state index contributed by atoms with van der Waals surface area (Å²) in [5.74, 6) is -2.85. The second-order valence-corrected chi connectivity index (χ2v) is 7.90. The third-order valence-corrected chi connectivity index (χ3v) is 5.61. The molecule has 196 valence electrons. The topological polar surface area (TPSA) is 266 Å². The summed E-state index contributed by atoms with van der Waals surface area (Å²) >= 11 is 0. The van der Waals surface area contributed by atoms with E-state index < -0.39 is 111 Å². The van der Waals surface area contributed by atoms with Crippen LogP contribution in [0.5, 0.6) is 0 Å². The number of carbonyl (C=O) groups excluding carboxylic acids is 1. The zero-order chi connectivity index (χ0) is 25.3. The Bertz CT molecular complexity index is 741. The molecule has 2 fully saturated rings. The molecule has 0 unspecified atom stereocenters. The summed E-state index contributed by atoms with van der Waals surface area (Å²) in [6, 6.07) is 0. The smallest absolute Gasteiger partial charge is 0.378 e. The van der Waals surface area contributed by atoms with Crippen molar-refractivity contribution in [3.05, 3.63) is 11.5 Å². The summed E-state index contributed by atoms with van der Waals surface area (Å²) in [4.78, 5) is 12.4. The van der Waals surface area contributed by atoms with E-state index in [9.17, 15) is 55.9 Å². The predicted octanol–water partition coefficient (Wildman–Crippen LogP) is -6.89. The van der Waals surface area contributed by atoms with Crippen molar-refractivity contribution >= 4 is 5.97 Å². The molecule has 0 radical (unpaired) electrons. The minimum absolute atomic E-state index is 0.687. The van der Waals surface area contributed by atoms with Crippen molar-refractivity contribution in [1.29, 1.82) is 0 Å². The predicted molar refractivity (Wildman–Crippen MR) is 99.7 cm³/mol. The molecule has 3 heterocycles. The van der Waals surface area contributed by atoms with Crippen LogP contribution in [0.4, 0.5) is 0 Å². The van der Waals surface area contributed by atoms with Gasteiger partial charge < -0.3 is 74.7 Å². The molecule has 0 aromatic rings. The van der Waals surface area contributed by atoms with Crippen LogP contribution in [0.2, 0.25) is 0 Å². The van der Waals surface area contributed by atoms with Gasteiger partial charge in [0, 0.05) is 0 Å². The van der Waals surface area contributed by atoms with Gasteiger partial charge in [0.1, 0.15) is 54.9 Å². The largest absolute Gasteiger partial charge is 0.458 e. The van der Waals surface area contributed by atoms with Crippen LogP contribution in [-0.4, -0.2) is 150 Å². The van der Waals surface area contributed by atoms with Gasteiger partial charge in [-0.15, -0.1) is 0 Å². The van der Waals surface area contributed by atoms with Crippen LogP contribution in [-0.2, 0) is 28.5 Å². The van der Waals surface area contributed by atoms with Gasteiger partial charge in [-0.25, -0.2) is 4.79 Å². The summed E-state index contributed by atoms with van der Waals surface area (Å²) in [5.41, 5.74) is 0. The number of hydrogen-bond donors (Lipinski definition) is 10. The zero-order valence-corrected chi connectivity index (χ0v) is 17.5. The summed E-state index contributed by atoms with van der Waals surface area (Å²) in [6.45, 7) is -2.53. The Morgan fingerprint density at radius 2 is 1.21 bits per heavy atom. The van der Waals surface area contributed by atoms with Crippen LogP contribution in [0.15, 0.2) is 11.5 Å². The fraction of sp³-hybridized carbons (Fsp3) is 0.833. The highest BCUT2D eigenvalue weighted by Gasteiger charge is 2.51. The first-order chi connectivity index (χ1) is 16.0. The molecule has 0 aromatic carbocycles. The normalized spacial score (nSPS) is 44.1. The molecule has 3 aliphatic rings. The average Bonchev–Trinajstić information content (AvgIpc) is 3.13. The Morgan fingerprint density at radius 1 is 0.735 bits per heavy atom. The van der Waals surface area contributed by atoms with Crippen LogP contribution in [0, 0.1) is 0 Å². The van der Waals surface area contributed by atoms with Gasteiger partial charge in [-0.2, -0.15) is 0 Å². The molecular weight excluding hydrogens is 472 g/mol. The maximum atomic E-state index is 12.4. The van der Waals surface area contributed by atoms with E-state index >= 15 is 0 Å². The first-order valence-electron chi connectivity index (χ1n) is 10.2. The Morgan fingerprint density at radius 3 is 1.65 bits per heavy atom. The molecule has 12 atom stereocenters. The average molecular weight is 500 g/mol. The maximum absolute atomic E-state index is 12.4. The molecular formula is C18H28O16. The van der Waals surface area contributed by atoms with E-state index in [4.69, 9.17) is 23.7 Å². The summed E-state index contributed by atoms with van der Waals surface area (Å²) < 4.78 is 26.0. The SMILES string of the molecule is O=C1O[C@H]([C@@H](O)CO)C(O[C@@H]2O[C@H](CO)[C@@H](O)[C@H](O)[C@H]2O)=C1O[C@@H]1O[C@H](CO)[C@@H](O)[C@H](O)[C@H]1O. The molecule has 0 aliphatic carbocycles. The van der Waals surface area contributed by atoms with E-state index in [-0.39, 0.29) is 0 Å². The second kappa shape index (κ2) is 10.9. The summed E-state index contributed by atoms with van der Waals surface area (Å²) in [6.07, 6.45) is -21.0. The third-order valence-electron chi connectivity index (χ3n) is 5.61. The molecule has 0 bridgehead atoms. The number of carbonyl (C=O) groups is 1. The van der Waals surface area contributed by atoms with Crippen molar-refractivity contribution in [2.24, 2.45) is 0 Å². The Balaban J connectivity index is 1.91. The lowest BCUT2D eigenvalue weighted by Gasteiger charge is -2.40. The molecule has 3 aliphatic heterocycles. The molecule has 0 spiro atoms. The zero-order valence-electron chi connectivity index (χ0n) is 17.5. The molecule has 16 heteroatoms. The van der Waals surface area contributed by atoms with Gasteiger partial charge in [0.15, 0.2) is 11.9 Å². The molecule has 2 saturated heterocycles. The van der Waals surface area contributed by atoms with Crippen LogP contribution in [0.1, 0.15) is 0 Å². The Hall–Kier alpha value is -1.67. The van der Waals surface area contributed by atoms with E-state index in [1.54, 1.807) is 0 Å². The van der Waals surface area contributed by atoms with E-state index in [1.165, 1.54) is 0 Å². The minimum Gasteiger partial charge on any atom is -0.458 e. The van der Waals surface area contributed by atoms with Gasteiger partial charge in [0.2, 0.25) is 18.3 Å². The Labute approximate surface area is 191 Å². The van der Waals surface area contributed by atoms with Gasteiger partial charge in [0.05, 0.1) is 19.8 Å². The molecule has 34 heavy (non-hydrogen) atoms. The van der Waals surface area contributed by atoms with Crippen LogP contribution >= 0.6 is 0 Å². The highest BCUT2D eigenvalue weighted by Crippen LogP contribution is 2.34. The van der Waals surface area contributed by atoms with Crippen LogP contribution in [0.3, 0.4) is 0 Å². The molecule has 0 aromatic heterocycles. The first-order valence-corrected chi connectivity index (χ1v) is 10.2. The fourth-order valence-electron chi connectivity index (χ4n) is 3.60. The number of aliphatic hydroxyl groups excluding tert-OH is 10. The van der Waals surface area contributed by atoms with Crippen LogP contribution < -0.4 is 0 Å². The summed E-state index contributed by atoms with van der Waals surface area (Å²) in [5, 5.41) is 98.0. The number of esters is 1. The minimum atomic E-state index is -1.94. The standard InChI is InChI=1S/C18H28O16/c19-1-4(22)13-14(33-17-11(27)9(25)7(23)5(2-20)30-17)15(16(29)32-13)34-18-12(28)10(26)8(24)6(3-21)31-18/h4-13,17-28H,1-3H2/t4-,5+,6+,7+,8+,9-,10-,11+,12+,13+,17-,18-/m0/s1. The maximum Gasteiger partial charge on any atom is 0.378 e. The Kier molecular flexibility index (Phi) is 8.66. The number of cyclic esters (lactones) is 1. The monoisotopic (exact) mass is 500 g/mol. The van der Waals surface area contributed by atoms with Gasteiger partial charge in [-0.1, -0.05) is 0 Å². The number of aliphatic hydroxyl groups is 10. The lowest BCUT2D eigenvalue weighted by Crippen LogP contribution is -2.59. The summed E-state index contributed by atoms with van der Waals surface area (Å²) in [7, 11) is 0. The van der Waals surface area contributed by atoms with Gasteiger partial charge >= 0.3 is 5.97 Å². The highest BCUT2D eigenvalue weighted by atomic mass is 16.7. The quantitative estimate of drug-likeness (QED) is 0.139. The van der Waals surface area contributed by atoms with Gasteiger partial charge in [-0.3, -0.25) is 0 Å². The molecule has 3 rings (SSSR count). The van der Waals surface area contributed by atoms with Crippen LogP contribution in [0.25, 0.3) is 0 Å². The van der Waals surface area contributed by atoms with Crippen molar-refractivity contribution in [3.63, 3.8) is 0 Å². The molecule has 0 amide bonds. The van der Waals surface area contributed by atoms with Crippen molar-refractivity contribution < 1.29 is 79.5 Å². The number of ether oxygens (including phenoxy) is 5.